The minimum absolute atomic E-state index is 0.178. The topological polar surface area (TPSA) is 46.5 Å². The lowest BCUT2D eigenvalue weighted by atomic mass is 10.1. The Morgan fingerprint density at radius 2 is 1.50 bits per heavy atom. The Balaban J connectivity index is 1.98. The van der Waals surface area contributed by atoms with Crippen molar-refractivity contribution in [2.24, 2.45) is 0 Å². The van der Waals surface area contributed by atoms with Crippen LogP contribution in [0.5, 0.6) is 0 Å². The Hall–Kier alpha value is -1.77. The number of aryl methyl sites for hydroxylation is 1. The number of unbranched alkanes of at least 4 members (excludes halogenated alkanes) is 9. The molecule has 146 valence electrons. The Kier molecular flexibility index (Phi) is 13.3. The van der Waals surface area contributed by atoms with E-state index in [9.17, 15) is 4.79 Å². The van der Waals surface area contributed by atoms with Crippen molar-refractivity contribution < 1.29 is 14.6 Å². The maximum Gasteiger partial charge on any atom is 0.303 e. The normalized spacial score (nSPS) is 11.1. The monoisotopic (exact) mass is 360 g/mol. The number of ether oxygens (including phenoxy) is 1. The number of carboxylic acid groups (broad SMARTS) is 1. The molecule has 0 atom stereocenters. The average molecular weight is 361 g/mol. The zero-order valence-electron chi connectivity index (χ0n) is 16.4. The summed E-state index contributed by atoms with van der Waals surface area (Å²) in [6, 6.07) is 7.97. The summed E-state index contributed by atoms with van der Waals surface area (Å²) < 4.78 is 5.57. The first-order valence-electron chi connectivity index (χ1n) is 10.3. The van der Waals surface area contributed by atoms with Crippen LogP contribution in [-0.4, -0.2) is 11.1 Å². The number of aliphatic carboxylic acids is 1. The van der Waals surface area contributed by atoms with Crippen molar-refractivity contribution in [3.63, 3.8) is 0 Å². The van der Waals surface area contributed by atoms with E-state index in [1.807, 2.05) is 30.5 Å². The standard InChI is InChI=1S/C23H36O3/c1-2-3-4-5-6-7-8-9-10-11-12-19-26-20-22-15-13-21(14-16-22)17-18-23(24)25/h12-16,19H,2-11,17-18,20H2,1H3,(H,24,25). The van der Waals surface area contributed by atoms with Crippen LogP contribution in [0.3, 0.4) is 0 Å². The lowest BCUT2D eigenvalue weighted by Crippen LogP contribution is -1.97. The zero-order chi connectivity index (χ0) is 18.9. The predicted molar refractivity (Wildman–Crippen MR) is 108 cm³/mol. The second-order valence-electron chi connectivity index (χ2n) is 7.01. The van der Waals surface area contributed by atoms with Crippen LogP contribution >= 0.6 is 0 Å². The second kappa shape index (κ2) is 15.5. The van der Waals surface area contributed by atoms with Gasteiger partial charge in [0.05, 0.1) is 6.26 Å². The molecule has 1 aromatic carbocycles. The van der Waals surface area contributed by atoms with Crippen LogP contribution in [0.2, 0.25) is 0 Å². The van der Waals surface area contributed by atoms with E-state index in [1.165, 1.54) is 57.8 Å². The fourth-order valence-electron chi connectivity index (χ4n) is 2.91. The van der Waals surface area contributed by atoms with Gasteiger partial charge in [0.15, 0.2) is 0 Å². The molecule has 0 radical (unpaired) electrons. The van der Waals surface area contributed by atoms with Crippen molar-refractivity contribution in [1.29, 1.82) is 0 Å². The van der Waals surface area contributed by atoms with E-state index >= 15 is 0 Å². The van der Waals surface area contributed by atoms with Gasteiger partial charge in [-0.1, -0.05) is 82.6 Å². The SMILES string of the molecule is CCCCCCCCCCCC=COCc1ccc(CCC(=O)O)cc1. The highest BCUT2D eigenvalue weighted by Gasteiger charge is 1.99. The van der Waals surface area contributed by atoms with Crippen LogP contribution < -0.4 is 0 Å². The third kappa shape index (κ3) is 12.6. The summed E-state index contributed by atoms with van der Waals surface area (Å²) in [6.07, 6.45) is 18.0. The summed E-state index contributed by atoms with van der Waals surface area (Å²) in [5, 5.41) is 8.69. The number of carboxylic acids is 1. The van der Waals surface area contributed by atoms with E-state index in [2.05, 4.69) is 13.0 Å². The van der Waals surface area contributed by atoms with Gasteiger partial charge >= 0.3 is 5.97 Å². The molecular formula is C23H36O3. The molecule has 1 rings (SSSR count). The Morgan fingerprint density at radius 3 is 2.12 bits per heavy atom. The second-order valence-corrected chi connectivity index (χ2v) is 7.01. The molecule has 0 unspecified atom stereocenters. The van der Waals surface area contributed by atoms with Gasteiger partial charge in [-0.15, -0.1) is 0 Å². The Labute approximate surface area is 159 Å². The summed E-state index contributed by atoms with van der Waals surface area (Å²) in [5.41, 5.74) is 2.16. The van der Waals surface area contributed by atoms with Gasteiger partial charge in [0, 0.05) is 6.42 Å². The fourth-order valence-corrected chi connectivity index (χ4v) is 2.91. The Morgan fingerprint density at radius 1 is 0.923 bits per heavy atom. The average Bonchev–Trinajstić information content (AvgIpc) is 2.64. The third-order valence-electron chi connectivity index (χ3n) is 4.57. The number of carbonyl (C=O) groups is 1. The van der Waals surface area contributed by atoms with Crippen molar-refractivity contribution in [1.82, 2.24) is 0 Å². The summed E-state index contributed by atoms with van der Waals surface area (Å²) >= 11 is 0. The van der Waals surface area contributed by atoms with Gasteiger partial charge in [-0.05, 0) is 36.5 Å². The smallest absolute Gasteiger partial charge is 0.303 e. The molecule has 0 saturated heterocycles. The molecule has 0 amide bonds. The van der Waals surface area contributed by atoms with E-state index in [1.54, 1.807) is 0 Å². The highest BCUT2D eigenvalue weighted by molar-refractivity contribution is 5.67. The lowest BCUT2D eigenvalue weighted by Gasteiger charge is -2.04. The first-order valence-corrected chi connectivity index (χ1v) is 10.3. The lowest BCUT2D eigenvalue weighted by molar-refractivity contribution is -0.136. The maximum absolute atomic E-state index is 10.6. The van der Waals surface area contributed by atoms with Crippen LogP contribution in [0, 0.1) is 0 Å². The predicted octanol–water partition coefficient (Wildman–Crippen LogP) is 6.66. The molecule has 0 heterocycles. The van der Waals surface area contributed by atoms with Crippen LogP contribution in [0.25, 0.3) is 0 Å². The molecule has 1 N–H and O–H groups in total. The van der Waals surface area contributed by atoms with Crippen LogP contribution in [0.1, 0.15) is 88.7 Å². The molecule has 0 aliphatic carbocycles. The molecule has 0 aliphatic heterocycles. The maximum atomic E-state index is 10.6. The summed E-state index contributed by atoms with van der Waals surface area (Å²) in [5.74, 6) is -0.755. The van der Waals surface area contributed by atoms with E-state index < -0.39 is 5.97 Å². The van der Waals surface area contributed by atoms with E-state index in [0.717, 1.165) is 17.5 Å². The summed E-state index contributed by atoms with van der Waals surface area (Å²) in [7, 11) is 0. The summed E-state index contributed by atoms with van der Waals surface area (Å²) in [6.45, 7) is 2.82. The highest BCUT2D eigenvalue weighted by atomic mass is 16.5. The molecule has 0 saturated carbocycles. The zero-order valence-corrected chi connectivity index (χ0v) is 16.4. The molecular weight excluding hydrogens is 324 g/mol. The van der Waals surface area contributed by atoms with Crippen molar-refractivity contribution in [3.05, 3.63) is 47.7 Å². The van der Waals surface area contributed by atoms with Crippen molar-refractivity contribution >= 4 is 5.97 Å². The van der Waals surface area contributed by atoms with Crippen LogP contribution in [0.15, 0.2) is 36.6 Å². The fraction of sp³-hybridized carbons (Fsp3) is 0.609. The molecule has 26 heavy (non-hydrogen) atoms. The number of benzene rings is 1. The molecule has 3 heteroatoms. The molecule has 0 spiro atoms. The molecule has 3 nitrogen and oxygen atoms in total. The van der Waals surface area contributed by atoms with Gasteiger partial charge in [0.25, 0.3) is 0 Å². The van der Waals surface area contributed by atoms with Crippen molar-refractivity contribution in [2.75, 3.05) is 0 Å². The van der Waals surface area contributed by atoms with E-state index in [0.29, 0.717) is 13.0 Å². The minimum Gasteiger partial charge on any atom is -0.497 e. The highest BCUT2D eigenvalue weighted by Crippen LogP contribution is 2.11. The van der Waals surface area contributed by atoms with Crippen LogP contribution in [0.4, 0.5) is 0 Å². The minimum atomic E-state index is -0.755. The third-order valence-corrected chi connectivity index (χ3v) is 4.57. The van der Waals surface area contributed by atoms with Gasteiger partial charge in [-0.25, -0.2) is 0 Å². The van der Waals surface area contributed by atoms with Gasteiger partial charge < -0.3 is 9.84 Å². The molecule has 0 aliphatic rings. The largest absolute Gasteiger partial charge is 0.497 e. The van der Waals surface area contributed by atoms with Gasteiger partial charge in [-0.3, -0.25) is 4.79 Å². The molecule has 0 bridgehead atoms. The van der Waals surface area contributed by atoms with E-state index in [-0.39, 0.29) is 6.42 Å². The number of rotatable bonds is 16. The molecule has 0 aromatic heterocycles. The van der Waals surface area contributed by atoms with Gasteiger partial charge in [-0.2, -0.15) is 0 Å². The number of hydrogen-bond donors (Lipinski definition) is 1. The van der Waals surface area contributed by atoms with Gasteiger partial charge in [0.2, 0.25) is 0 Å². The van der Waals surface area contributed by atoms with Crippen molar-refractivity contribution in [3.8, 4) is 0 Å². The molecule has 0 fully saturated rings. The summed E-state index contributed by atoms with van der Waals surface area (Å²) in [4.78, 5) is 10.6. The molecule has 1 aromatic rings. The van der Waals surface area contributed by atoms with Crippen LogP contribution in [-0.2, 0) is 22.6 Å². The Bertz CT molecular complexity index is 491. The number of allylic oxidation sites excluding steroid dienone is 1. The van der Waals surface area contributed by atoms with E-state index in [4.69, 9.17) is 9.84 Å². The first-order chi connectivity index (χ1) is 12.7. The van der Waals surface area contributed by atoms with Crippen molar-refractivity contribution in [2.45, 2.75) is 90.6 Å². The number of hydrogen-bond acceptors (Lipinski definition) is 2. The van der Waals surface area contributed by atoms with Gasteiger partial charge in [0.1, 0.15) is 6.61 Å². The quantitative estimate of drug-likeness (QED) is 0.265. The first kappa shape index (κ1) is 22.3.